The highest BCUT2D eigenvalue weighted by atomic mass is 16.5. The van der Waals surface area contributed by atoms with Gasteiger partial charge in [0, 0.05) is 26.4 Å². The quantitative estimate of drug-likeness (QED) is 0.158. The molecule has 0 radical (unpaired) electrons. The average molecular weight is 602 g/mol. The van der Waals surface area contributed by atoms with Crippen LogP contribution in [0.25, 0.3) is 11.1 Å². The fourth-order valence-corrected chi connectivity index (χ4v) is 4.84. The van der Waals surface area contributed by atoms with Crippen LogP contribution < -0.4 is 10.6 Å². The fourth-order valence-electron chi connectivity index (χ4n) is 4.84. The van der Waals surface area contributed by atoms with E-state index in [1.165, 1.54) is 11.8 Å². The summed E-state index contributed by atoms with van der Waals surface area (Å²) in [5.74, 6) is -2.57. The lowest BCUT2D eigenvalue weighted by atomic mass is 9.98. The van der Waals surface area contributed by atoms with Gasteiger partial charge in [0.2, 0.25) is 5.91 Å². The molecule has 3 aromatic rings. The van der Waals surface area contributed by atoms with E-state index in [2.05, 4.69) is 10.6 Å². The molecule has 0 saturated carbocycles. The number of carbonyl (C=O) groups is 4. The first-order valence-corrected chi connectivity index (χ1v) is 15.0. The molecule has 9 nitrogen and oxygen atoms in total. The molecule has 234 valence electrons. The molecule has 44 heavy (non-hydrogen) atoms. The summed E-state index contributed by atoms with van der Waals surface area (Å²) in [6.07, 6.45) is 1.10. The highest BCUT2D eigenvalue weighted by molar-refractivity contribution is 5.84. The summed E-state index contributed by atoms with van der Waals surface area (Å²) in [6.45, 7) is 5.68. The molecule has 0 aromatic heterocycles. The Morgan fingerprint density at radius 2 is 1.43 bits per heavy atom. The van der Waals surface area contributed by atoms with E-state index >= 15 is 0 Å². The first-order valence-electron chi connectivity index (χ1n) is 15.0. The Labute approximate surface area is 259 Å². The Balaban J connectivity index is 1.75. The highest BCUT2D eigenvalue weighted by Gasteiger charge is 2.29. The van der Waals surface area contributed by atoms with Gasteiger partial charge < -0.3 is 25.4 Å². The average Bonchev–Trinajstić information content (AvgIpc) is 3.01. The zero-order chi connectivity index (χ0) is 31.9. The minimum Gasteiger partial charge on any atom is -0.481 e. The monoisotopic (exact) mass is 601 g/mol. The van der Waals surface area contributed by atoms with Crippen molar-refractivity contribution < 1.29 is 29.0 Å². The van der Waals surface area contributed by atoms with Gasteiger partial charge in [-0.2, -0.15) is 0 Å². The third kappa shape index (κ3) is 11.6. The molecular formula is C35H43N3O6. The van der Waals surface area contributed by atoms with Gasteiger partial charge in [-0.05, 0) is 41.0 Å². The number of carboxylic acid groups (broad SMARTS) is 1. The largest absolute Gasteiger partial charge is 0.481 e. The van der Waals surface area contributed by atoms with E-state index in [-0.39, 0.29) is 37.9 Å². The minimum atomic E-state index is -1.02. The second-order valence-corrected chi connectivity index (χ2v) is 11.3. The third-order valence-electron chi connectivity index (χ3n) is 7.09. The normalized spacial score (nSPS) is 12.2. The molecule has 3 amide bonds. The van der Waals surface area contributed by atoms with Gasteiger partial charge in [0.25, 0.3) is 0 Å². The minimum absolute atomic E-state index is 0.00223. The van der Waals surface area contributed by atoms with Gasteiger partial charge in [-0.25, -0.2) is 9.59 Å². The van der Waals surface area contributed by atoms with E-state index < -0.39 is 29.9 Å². The molecule has 3 rings (SSSR count). The SMILES string of the molecule is CC(=O)NCCOC(=O)[C@H](Cc1ccc(-c2ccccc2)cc1)NC(=O)N(CC(C)C)CC(CCc1ccccc1)C(=O)O. The summed E-state index contributed by atoms with van der Waals surface area (Å²) < 4.78 is 5.41. The van der Waals surface area contributed by atoms with Crippen LogP contribution in [0, 0.1) is 11.8 Å². The van der Waals surface area contributed by atoms with E-state index in [0.29, 0.717) is 19.4 Å². The predicted octanol–water partition coefficient (Wildman–Crippen LogP) is 4.95. The topological polar surface area (TPSA) is 125 Å². The van der Waals surface area contributed by atoms with Crippen molar-refractivity contribution in [3.05, 3.63) is 96.1 Å². The molecule has 0 fully saturated rings. The molecule has 0 spiro atoms. The number of amides is 3. The summed E-state index contributed by atoms with van der Waals surface area (Å²) in [4.78, 5) is 51.7. The van der Waals surface area contributed by atoms with Crippen molar-refractivity contribution in [1.29, 1.82) is 0 Å². The molecule has 1 unspecified atom stereocenters. The second-order valence-electron chi connectivity index (χ2n) is 11.3. The van der Waals surface area contributed by atoms with Crippen LogP contribution in [0.1, 0.15) is 38.3 Å². The van der Waals surface area contributed by atoms with Crippen LogP contribution in [0.15, 0.2) is 84.9 Å². The number of urea groups is 1. The summed E-state index contributed by atoms with van der Waals surface area (Å²) in [5.41, 5.74) is 3.92. The Kier molecular flexibility index (Phi) is 13.4. The van der Waals surface area contributed by atoms with Crippen molar-refractivity contribution in [3.63, 3.8) is 0 Å². The number of aryl methyl sites for hydroxylation is 1. The molecule has 0 aliphatic heterocycles. The van der Waals surface area contributed by atoms with Gasteiger partial charge >= 0.3 is 18.0 Å². The molecule has 9 heteroatoms. The Bertz CT molecular complexity index is 1350. The summed E-state index contributed by atoms with van der Waals surface area (Å²) in [5, 5.41) is 15.4. The zero-order valence-corrected chi connectivity index (χ0v) is 25.7. The Morgan fingerprint density at radius 1 is 0.818 bits per heavy atom. The van der Waals surface area contributed by atoms with Gasteiger partial charge in [0.15, 0.2) is 0 Å². The molecule has 0 heterocycles. The molecule has 0 aliphatic carbocycles. The third-order valence-corrected chi connectivity index (χ3v) is 7.09. The van der Waals surface area contributed by atoms with E-state index in [4.69, 9.17) is 4.74 Å². The van der Waals surface area contributed by atoms with Crippen molar-refractivity contribution in [2.45, 2.75) is 46.1 Å². The first-order chi connectivity index (χ1) is 21.1. The maximum absolute atomic E-state index is 13.6. The second kappa shape index (κ2) is 17.5. The van der Waals surface area contributed by atoms with Gasteiger partial charge in [0.05, 0.1) is 12.5 Å². The standard InChI is InChI=1S/C35H43N3O6/c1-25(2)23-38(24-31(33(40)41)19-14-27-10-6-4-7-11-27)35(43)37-32(34(42)44-21-20-36-26(3)39)22-28-15-17-30(18-16-28)29-12-8-5-9-13-29/h4-13,15-18,25,31-32H,14,19-24H2,1-3H3,(H,36,39)(H,37,43)(H,40,41)/t31?,32-/m0/s1. The van der Waals surface area contributed by atoms with Gasteiger partial charge in [-0.1, -0.05) is 98.8 Å². The smallest absolute Gasteiger partial charge is 0.329 e. The van der Waals surface area contributed by atoms with E-state index in [1.807, 2.05) is 98.8 Å². The van der Waals surface area contributed by atoms with Crippen LogP contribution in [0.3, 0.4) is 0 Å². The van der Waals surface area contributed by atoms with Crippen LogP contribution in [0.5, 0.6) is 0 Å². The molecule has 3 N–H and O–H groups in total. The maximum atomic E-state index is 13.6. The zero-order valence-electron chi connectivity index (χ0n) is 25.7. The molecule has 0 aliphatic rings. The Morgan fingerprint density at radius 3 is 2.02 bits per heavy atom. The number of nitrogens with one attached hydrogen (secondary N) is 2. The number of rotatable bonds is 16. The number of carboxylic acids is 1. The number of carbonyl (C=O) groups excluding carboxylic acids is 3. The van der Waals surface area contributed by atoms with Crippen molar-refractivity contribution >= 4 is 23.9 Å². The van der Waals surface area contributed by atoms with E-state index in [1.54, 1.807) is 0 Å². The van der Waals surface area contributed by atoms with E-state index in [0.717, 1.165) is 22.3 Å². The maximum Gasteiger partial charge on any atom is 0.329 e. The van der Waals surface area contributed by atoms with Crippen LogP contribution in [-0.4, -0.2) is 66.2 Å². The van der Waals surface area contributed by atoms with Crippen molar-refractivity contribution in [1.82, 2.24) is 15.5 Å². The summed E-state index contributed by atoms with van der Waals surface area (Å²) in [6, 6.07) is 25.7. The lowest BCUT2D eigenvalue weighted by Crippen LogP contribution is -2.52. The van der Waals surface area contributed by atoms with Crippen LogP contribution >= 0.6 is 0 Å². The number of esters is 1. The summed E-state index contributed by atoms with van der Waals surface area (Å²) >= 11 is 0. The summed E-state index contributed by atoms with van der Waals surface area (Å²) in [7, 11) is 0. The van der Waals surface area contributed by atoms with Gasteiger partial charge in [-0.15, -0.1) is 0 Å². The number of aliphatic carboxylic acids is 1. The number of nitrogens with zero attached hydrogens (tertiary/aromatic N) is 1. The van der Waals surface area contributed by atoms with Crippen LogP contribution in [0.4, 0.5) is 4.79 Å². The number of hydrogen-bond acceptors (Lipinski definition) is 5. The van der Waals surface area contributed by atoms with Gasteiger partial charge in [0.1, 0.15) is 12.6 Å². The lowest BCUT2D eigenvalue weighted by Gasteiger charge is -2.29. The molecule has 3 aromatic carbocycles. The van der Waals surface area contributed by atoms with Crippen molar-refractivity contribution in [2.24, 2.45) is 11.8 Å². The number of hydrogen-bond donors (Lipinski definition) is 3. The van der Waals surface area contributed by atoms with Gasteiger partial charge in [-0.3, -0.25) is 9.59 Å². The van der Waals surface area contributed by atoms with Crippen molar-refractivity contribution in [3.8, 4) is 11.1 Å². The van der Waals surface area contributed by atoms with Crippen LogP contribution in [0.2, 0.25) is 0 Å². The van der Waals surface area contributed by atoms with Crippen LogP contribution in [-0.2, 0) is 32.0 Å². The molecular weight excluding hydrogens is 558 g/mol. The first kappa shape index (κ1) is 33.8. The lowest BCUT2D eigenvalue weighted by molar-refractivity contribution is -0.146. The molecule has 0 saturated heterocycles. The number of benzene rings is 3. The highest BCUT2D eigenvalue weighted by Crippen LogP contribution is 2.20. The Hall–Kier alpha value is -4.66. The van der Waals surface area contributed by atoms with Crippen molar-refractivity contribution in [2.75, 3.05) is 26.2 Å². The molecule has 0 bridgehead atoms. The van der Waals surface area contributed by atoms with E-state index in [9.17, 15) is 24.3 Å². The fraction of sp³-hybridized carbons (Fsp3) is 0.371. The predicted molar refractivity (Wildman–Crippen MR) is 170 cm³/mol. The molecule has 2 atom stereocenters. The number of ether oxygens (including phenoxy) is 1.